The Kier molecular flexibility index (Phi) is 3.55. The van der Waals surface area contributed by atoms with Gasteiger partial charge in [-0.15, -0.1) is 0 Å². The van der Waals surface area contributed by atoms with Crippen LogP contribution in [0.3, 0.4) is 0 Å². The minimum atomic E-state index is -0.129. The summed E-state index contributed by atoms with van der Waals surface area (Å²) in [4.78, 5) is 2.21. The molecule has 0 aromatic carbocycles. The summed E-state index contributed by atoms with van der Waals surface area (Å²) in [5.74, 6) is 0. The van der Waals surface area contributed by atoms with Crippen LogP contribution in [0.4, 0.5) is 0 Å². The zero-order valence-corrected chi connectivity index (χ0v) is 8.18. The van der Waals surface area contributed by atoms with Gasteiger partial charge in [0.2, 0.25) is 0 Å². The molecule has 0 aliphatic carbocycles. The van der Waals surface area contributed by atoms with Gasteiger partial charge in [-0.3, -0.25) is 4.90 Å². The van der Waals surface area contributed by atoms with Crippen LogP contribution >= 0.6 is 15.9 Å². The fourth-order valence-electron chi connectivity index (χ4n) is 1.42. The third-order valence-corrected chi connectivity index (χ3v) is 2.13. The van der Waals surface area contributed by atoms with Gasteiger partial charge in [-0.2, -0.15) is 0 Å². The maximum atomic E-state index is 9.31. The van der Waals surface area contributed by atoms with Crippen LogP contribution < -0.4 is 0 Å². The van der Waals surface area contributed by atoms with Crippen molar-refractivity contribution in [3.05, 3.63) is 11.1 Å². The fraction of sp³-hybridized carbons (Fsp3) is 0.750. The van der Waals surface area contributed by atoms with Gasteiger partial charge in [-0.05, 0) is 19.4 Å². The Balaban J connectivity index is 2.28. The Labute approximate surface area is 76.0 Å². The van der Waals surface area contributed by atoms with Crippen molar-refractivity contribution in [3.63, 3.8) is 0 Å². The van der Waals surface area contributed by atoms with Crippen LogP contribution in [-0.4, -0.2) is 35.7 Å². The molecule has 1 saturated heterocycles. The van der Waals surface area contributed by atoms with Crippen molar-refractivity contribution in [2.45, 2.75) is 18.9 Å². The minimum absolute atomic E-state index is 0.129. The van der Waals surface area contributed by atoms with E-state index in [0.29, 0.717) is 0 Å². The summed E-state index contributed by atoms with van der Waals surface area (Å²) in [5.41, 5.74) is 0. The normalized spacial score (nSPS) is 26.9. The molecule has 1 aliphatic heterocycles. The summed E-state index contributed by atoms with van der Waals surface area (Å²) in [6.45, 7) is 6.51. The summed E-state index contributed by atoms with van der Waals surface area (Å²) >= 11 is 3.31. The topological polar surface area (TPSA) is 23.5 Å². The lowest BCUT2D eigenvalue weighted by atomic mass is 10.1. The Bertz CT molecular complexity index is 149. The predicted octanol–water partition coefficient (Wildman–Crippen LogP) is 1.35. The molecule has 0 aromatic heterocycles. The van der Waals surface area contributed by atoms with Crippen molar-refractivity contribution in [2.24, 2.45) is 0 Å². The van der Waals surface area contributed by atoms with E-state index in [2.05, 4.69) is 27.4 Å². The van der Waals surface area contributed by atoms with E-state index in [1.54, 1.807) is 0 Å². The molecule has 1 aliphatic rings. The standard InChI is InChI=1S/C8H14BrNO/c1-7(9)5-10-4-2-3-8(11)6-10/h8,11H,1-6H2. The lowest BCUT2D eigenvalue weighted by molar-refractivity contribution is 0.0768. The summed E-state index contributed by atoms with van der Waals surface area (Å²) in [5, 5.41) is 9.31. The van der Waals surface area contributed by atoms with Gasteiger partial charge in [0.05, 0.1) is 6.10 Å². The van der Waals surface area contributed by atoms with Gasteiger partial charge in [0.15, 0.2) is 0 Å². The molecule has 1 rings (SSSR count). The third kappa shape index (κ3) is 3.36. The van der Waals surface area contributed by atoms with Crippen LogP contribution in [-0.2, 0) is 0 Å². The second-order valence-electron chi connectivity index (χ2n) is 3.05. The van der Waals surface area contributed by atoms with E-state index < -0.39 is 0 Å². The Morgan fingerprint density at radius 3 is 3.00 bits per heavy atom. The molecule has 0 saturated carbocycles. The van der Waals surface area contributed by atoms with Crippen LogP contribution in [0.15, 0.2) is 11.1 Å². The zero-order chi connectivity index (χ0) is 8.27. The number of piperidine rings is 1. The minimum Gasteiger partial charge on any atom is -0.392 e. The van der Waals surface area contributed by atoms with Gasteiger partial charge in [0.25, 0.3) is 0 Å². The van der Waals surface area contributed by atoms with Crippen molar-refractivity contribution in [2.75, 3.05) is 19.6 Å². The van der Waals surface area contributed by atoms with Gasteiger partial charge in [-0.1, -0.05) is 22.5 Å². The first-order chi connectivity index (χ1) is 5.18. The lowest BCUT2D eigenvalue weighted by Crippen LogP contribution is -2.38. The number of aliphatic hydroxyl groups excluding tert-OH is 1. The van der Waals surface area contributed by atoms with Gasteiger partial charge < -0.3 is 5.11 Å². The van der Waals surface area contributed by atoms with Crippen LogP contribution in [0.25, 0.3) is 0 Å². The van der Waals surface area contributed by atoms with Crippen LogP contribution in [0.2, 0.25) is 0 Å². The van der Waals surface area contributed by atoms with Crippen LogP contribution in [0, 0.1) is 0 Å². The van der Waals surface area contributed by atoms with Crippen molar-refractivity contribution < 1.29 is 5.11 Å². The van der Waals surface area contributed by atoms with E-state index in [1.165, 1.54) is 0 Å². The molecule has 0 radical (unpaired) electrons. The molecule has 64 valence electrons. The molecule has 1 fully saturated rings. The highest BCUT2D eigenvalue weighted by Gasteiger charge is 2.16. The average molecular weight is 220 g/mol. The molecule has 0 spiro atoms. The number of rotatable bonds is 2. The Hall–Kier alpha value is 0.140. The third-order valence-electron chi connectivity index (χ3n) is 1.88. The molecule has 1 heterocycles. The summed E-state index contributed by atoms with van der Waals surface area (Å²) < 4.78 is 0.992. The van der Waals surface area contributed by atoms with Crippen molar-refractivity contribution in [3.8, 4) is 0 Å². The van der Waals surface area contributed by atoms with E-state index in [-0.39, 0.29) is 6.10 Å². The highest BCUT2D eigenvalue weighted by molar-refractivity contribution is 9.11. The summed E-state index contributed by atoms with van der Waals surface area (Å²) in [6.07, 6.45) is 1.92. The number of hydrogen-bond acceptors (Lipinski definition) is 2. The molecular weight excluding hydrogens is 206 g/mol. The Morgan fingerprint density at radius 1 is 1.73 bits per heavy atom. The number of β-amino-alcohol motifs (C(OH)–C–C–N with tert-alkyl or cyclic N) is 1. The molecule has 11 heavy (non-hydrogen) atoms. The molecule has 0 bridgehead atoms. The molecule has 1 unspecified atom stereocenters. The van der Waals surface area contributed by atoms with Crippen molar-refractivity contribution in [1.82, 2.24) is 4.90 Å². The van der Waals surface area contributed by atoms with E-state index in [1.807, 2.05) is 0 Å². The maximum Gasteiger partial charge on any atom is 0.0667 e. The van der Waals surface area contributed by atoms with Gasteiger partial charge in [0.1, 0.15) is 0 Å². The van der Waals surface area contributed by atoms with E-state index in [4.69, 9.17) is 0 Å². The number of hydrogen-bond donors (Lipinski definition) is 1. The maximum absolute atomic E-state index is 9.31. The first kappa shape index (κ1) is 9.23. The first-order valence-electron chi connectivity index (χ1n) is 3.92. The number of likely N-dealkylation sites (tertiary alicyclic amines) is 1. The monoisotopic (exact) mass is 219 g/mol. The molecule has 0 amide bonds. The fourth-order valence-corrected chi connectivity index (χ4v) is 1.77. The van der Waals surface area contributed by atoms with Gasteiger partial charge in [0, 0.05) is 17.6 Å². The smallest absolute Gasteiger partial charge is 0.0667 e. The number of halogens is 1. The Morgan fingerprint density at radius 2 is 2.45 bits per heavy atom. The SMILES string of the molecule is C=C(Br)CN1CCCC(O)C1. The largest absolute Gasteiger partial charge is 0.392 e. The van der Waals surface area contributed by atoms with Gasteiger partial charge >= 0.3 is 0 Å². The molecular formula is C8H14BrNO. The molecule has 1 N–H and O–H groups in total. The average Bonchev–Trinajstić information content (AvgIpc) is 1.85. The van der Waals surface area contributed by atoms with Crippen molar-refractivity contribution in [1.29, 1.82) is 0 Å². The quantitative estimate of drug-likeness (QED) is 0.759. The summed E-state index contributed by atoms with van der Waals surface area (Å²) in [6, 6.07) is 0. The van der Waals surface area contributed by atoms with Crippen LogP contribution in [0.5, 0.6) is 0 Å². The highest BCUT2D eigenvalue weighted by atomic mass is 79.9. The van der Waals surface area contributed by atoms with E-state index >= 15 is 0 Å². The van der Waals surface area contributed by atoms with Crippen LogP contribution in [0.1, 0.15) is 12.8 Å². The highest BCUT2D eigenvalue weighted by Crippen LogP contribution is 2.12. The number of nitrogens with zero attached hydrogens (tertiary/aromatic N) is 1. The summed E-state index contributed by atoms with van der Waals surface area (Å²) in [7, 11) is 0. The second-order valence-corrected chi connectivity index (χ2v) is 4.17. The molecule has 3 heteroatoms. The lowest BCUT2D eigenvalue weighted by Gasteiger charge is -2.29. The molecule has 2 nitrogen and oxygen atoms in total. The number of aliphatic hydroxyl groups is 1. The van der Waals surface area contributed by atoms with Crippen molar-refractivity contribution >= 4 is 15.9 Å². The molecule has 0 aromatic rings. The van der Waals surface area contributed by atoms with E-state index in [9.17, 15) is 5.11 Å². The first-order valence-corrected chi connectivity index (χ1v) is 4.71. The van der Waals surface area contributed by atoms with E-state index in [0.717, 1.165) is 37.0 Å². The second kappa shape index (κ2) is 4.24. The molecule has 1 atom stereocenters. The van der Waals surface area contributed by atoms with Gasteiger partial charge in [-0.25, -0.2) is 0 Å². The predicted molar refractivity (Wildman–Crippen MR) is 49.7 cm³/mol. The zero-order valence-electron chi connectivity index (χ0n) is 6.59.